The van der Waals surface area contributed by atoms with Crippen LogP contribution in [0.4, 0.5) is 4.79 Å². The number of amides is 1. The molecule has 3 atom stereocenters. The van der Waals surface area contributed by atoms with E-state index in [4.69, 9.17) is 4.74 Å². The van der Waals surface area contributed by atoms with Crippen molar-refractivity contribution < 1.29 is 23.9 Å². The van der Waals surface area contributed by atoms with Crippen molar-refractivity contribution in [2.45, 2.75) is 241 Å². The fourth-order valence-electron chi connectivity index (χ4n) is 10.0. The molecule has 0 bridgehead atoms. The second kappa shape index (κ2) is 18.8. The fourth-order valence-corrected chi connectivity index (χ4v) is 10.0. The van der Waals surface area contributed by atoms with Gasteiger partial charge in [0.1, 0.15) is 0 Å². The van der Waals surface area contributed by atoms with Crippen molar-refractivity contribution in [3.63, 3.8) is 0 Å². The molecule has 2 fully saturated rings. The predicted octanol–water partition coefficient (Wildman–Crippen LogP) is 10.5. The summed E-state index contributed by atoms with van der Waals surface area (Å²) in [6.45, 7) is 39.6. The standard InChI is InChI=1S/C48H90N4O5/c1-40(2,3)36(53)46(49-43(10,11)12,28-23-24-29-48(38(55)42(7,8)9)30-26-32-52(48)45(16,17)18)27-22-20-19-21-25-34-57-39(56)51-33-31-47(35-51,50-44(13,14)15)37(54)41(4,5)6/h49-50H,19-35H2,1-18H3/t46?,47-,48-/m0/s1. The molecule has 0 spiro atoms. The minimum absolute atomic E-state index is 0.100. The lowest BCUT2D eigenvalue weighted by molar-refractivity contribution is -0.141. The summed E-state index contributed by atoms with van der Waals surface area (Å²) in [6, 6.07) is 0. The monoisotopic (exact) mass is 803 g/mol. The Morgan fingerprint density at radius 3 is 1.61 bits per heavy atom. The highest BCUT2D eigenvalue weighted by Crippen LogP contribution is 2.44. The molecule has 0 radical (unpaired) electrons. The van der Waals surface area contributed by atoms with Gasteiger partial charge in [0.05, 0.1) is 23.2 Å². The number of Topliss-reactive ketones (excluding diaryl/α,β-unsaturated/α-hetero) is 3. The largest absolute Gasteiger partial charge is 0.449 e. The first kappa shape index (κ1) is 51.3. The lowest BCUT2D eigenvalue weighted by Gasteiger charge is -2.48. The molecule has 2 rings (SSSR count). The van der Waals surface area contributed by atoms with Crippen LogP contribution in [0.25, 0.3) is 0 Å². The molecular weight excluding hydrogens is 713 g/mol. The second-order valence-electron chi connectivity index (χ2n) is 24.1. The maximum absolute atomic E-state index is 14.5. The van der Waals surface area contributed by atoms with Crippen LogP contribution in [0.2, 0.25) is 0 Å². The van der Waals surface area contributed by atoms with E-state index in [9.17, 15) is 19.2 Å². The number of carbonyl (C=O) groups is 4. The quantitative estimate of drug-likeness (QED) is 0.132. The third-order valence-corrected chi connectivity index (χ3v) is 11.8. The normalized spacial score (nSPS) is 22.8. The molecule has 9 heteroatoms. The van der Waals surface area contributed by atoms with E-state index in [1.807, 2.05) is 41.5 Å². The first-order chi connectivity index (χ1) is 25.6. The van der Waals surface area contributed by atoms with Gasteiger partial charge in [0, 0.05) is 46.0 Å². The molecule has 9 nitrogen and oxygen atoms in total. The van der Waals surface area contributed by atoms with E-state index in [2.05, 4.69) is 98.6 Å². The Kier molecular flexibility index (Phi) is 16.9. The molecule has 0 saturated carbocycles. The van der Waals surface area contributed by atoms with Gasteiger partial charge in [-0.2, -0.15) is 0 Å². The molecule has 57 heavy (non-hydrogen) atoms. The summed E-state index contributed by atoms with van der Waals surface area (Å²) in [7, 11) is 0. The number of nitrogens with zero attached hydrogens (tertiary/aromatic N) is 2. The summed E-state index contributed by atoms with van der Waals surface area (Å²) < 4.78 is 5.73. The van der Waals surface area contributed by atoms with Gasteiger partial charge in [0.15, 0.2) is 17.3 Å². The zero-order valence-corrected chi connectivity index (χ0v) is 40.5. The van der Waals surface area contributed by atoms with Crippen molar-refractivity contribution in [2.24, 2.45) is 16.2 Å². The number of ketones is 3. The minimum Gasteiger partial charge on any atom is -0.449 e. The number of unbranched alkanes of at least 4 members (excludes halogenated alkanes) is 5. The number of nitrogens with one attached hydrogen (secondary N) is 2. The molecule has 0 aromatic carbocycles. The Bertz CT molecular complexity index is 1370. The van der Waals surface area contributed by atoms with Gasteiger partial charge in [0.2, 0.25) is 0 Å². The van der Waals surface area contributed by atoms with Gasteiger partial charge in [-0.15, -0.1) is 0 Å². The molecule has 2 N–H and O–H groups in total. The maximum atomic E-state index is 14.5. The van der Waals surface area contributed by atoms with E-state index >= 15 is 0 Å². The van der Waals surface area contributed by atoms with Crippen LogP contribution >= 0.6 is 0 Å². The Labute approximate surface area is 350 Å². The molecule has 2 aliphatic rings. The van der Waals surface area contributed by atoms with Crippen molar-refractivity contribution in [3.8, 4) is 0 Å². The SMILES string of the molecule is CC(C)(C)NC(CCCCCCCOC(=O)N1CC[C@@](NC(C)(C)C)(C(=O)C(C)(C)C)C1)(CCCC[C@@]1(C(=O)C(C)(C)C)CCCN1C(C)(C)C)C(=O)C(C)(C)C. The Hall–Kier alpha value is -1.84. The number of ether oxygens (including phenoxy) is 1. The van der Waals surface area contributed by atoms with Crippen LogP contribution in [0.3, 0.4) is 0 Å². The van der Waals surface area contributed by atoms with Crippen molar-refractivity contribution in [1.82, 2.24) is 20.4 Å². The van der Waals surface area contributed by atoms with Crippen LogP contribution in [0.15, 0.2) is 0 Å². The zero-order chi connectivity index (χ0) is 44.1. The first-order valence-corrected chi connectivity index (χ1v) is 22.6. The molecule has 2 aliphatic heterocycles. The summed E-state index contributed by atoms with van der Waals surface area (Å²) in [5.41, 5.74) is -3.98. The number of hydrogen-bond acceptors (Lipinski definition) is 8. The Morgan fingerprint density at radius 1 is 0.596 bits per heavy atom. The van der Waals surface area contributed by atoms with E-state index in [1.165, 1.54) is 0 Å². The van der Waals surface area contributed by atoms with Crippen LogP contribution in [-0.4, -0.2) is 92.7 Å². The average molecular weight is 803 g/mol. The number of hydrogen-bond donors (Lipinski definition) is 2. The highest BCUT2D eigenvalue weighted by atomic mass is 16.6. The minimum atomic E-state index is -0.780. The summed E-state index contributed by atoms with van der Waals surface area (Å²) in [5, 5.41) is 7.42. The highest BCUT2D eigenvalue weighted by Gasteiger charge is 2.54. The average Bonchev–Trinajstić information content (AvgIpc) is 3.66. The van der Waals surface area contributed by atoms with Gasteiger partial charge < -0.3 is 15.0 Å². The van der Waals surface area contributed by atoms with E-state index in [1.54, 1.807) is 4.90 Å². The Morgan fingerprint density at radius 2 is 1.12 bits per heavy atom. The lowest BCUT2D eigenvalue weighted by atomic mass is 9.70. The summed E-state index contributed by atoms with van der Waals surface area (Å²) in [6.07, 6.45) is 10.9. The first-order valence-electron chi connectivity index (χ1n) is 22.6. The maximum Gasteiger partial charge on any atom is 0.409 e. The predicted molar refractivity (Wildman–Crippen MR) is 237 cm³/mol. The number of rotatable bonds is 18. The number of carbonyl (C=O) groups excluding carboxylic acids is 4. The van der Waals surface area contributed by atoms with E-state index in [0.717, 1.165) is 83.6 Å². The molecule has 332 valence electrons. The lowest BCUT2D eigenvalue weighted by Crippen LogP contribution is -2.63. The van der Waals surface area contributed by atoms with Crippen molar-refractivity contribution >= 4 is 23.4 Å². The summed E-state index contributed by atoms with van der Waals surface area (Å²) >= 11 is 0. The van der Waals surface area contributed by atoms with Crippen LogP contribution in [-0.2, 0) is 19.1 Å². The second-order valence-corrected chi connectivity index (χ2v) is 24.1. The van der Waals surface area contributed by atoms with Gasteiger partial charge in [0.25, 0.3) is 0 Å². The van der Waals surface area contributed by atoms with Crippen LogP contribution in [0.5, 0.6) is 0 Å². The van der Waals surface area contributed by atoms with Gasteiger partial charge in [-0.25, -0.2) is 4.79 Å². The topological polar surface area (TPSA) is 108 Å². The third kappa shape index (κ3) is 14.4. The van der Waals surface area contributed by atoms with Crippen LogP contribution in [0, 0.1) is 16.2 Å². The van der Waals surface area contributed by atoms with E-state index < -0.39 is 32.9 Å². The Balaban J connectivity index is 2.05. The molecule has 0 aromatic heterocycles. The van der Waals surface area contributed by atoms with Crippen LogP contribution in [0.1, 0.15) is 208 Å². The molecule has 0 aliphatic carbocycles. The smallest absolute Gasteiger partial charge is 0.409 e. The van der Waals surface area contributed by atoms with Crippen molar-refractivity contribution in [1.29, 1.82) is 0 Å². The molecule has 1 unspecified atom stereocenters. The summed E-state index contributed by atoms with van der Waals surface area (Å²) in [5.74, 6) is 0.743. The van der Waals surface area contributed by atoms with E-state index in [-0.39, 0.29) is 34.3 Å². The molecule has 0 aromatic rings. The van der Waals surface area contributed by atoms with Gasteiger partial charge >= 0.3 is 6.09 Å². The number of likely N-dealkylation sites (tertiary alicyclic amines) is 2. The fraction of sp³-hybridized carbons (Fsp3) is 0.917. The van der Waals surface area contributed by atoms with Crippen molar-refractivity contribution in [2.75, 3.05) is 26.2 Å². The van der Waals surface area contributed by atoms with Gasteiger partial charge in [-0.05, 0) is 114 Å². The third-order valence-electron chi connectivity index (χ3n) is 11.8. The van der Waals surface area contributed by atoms with Crippen molar-refractivity contribution in [3.05, 3.63) is 0 Å². The van der Waals surface area contributed by atoms with Gasteiger partial charge in [-0.3, -0.25) is 24.6 Å². The van der Waals surface area contributed by atoms with Crippen LogP contribution < -0.4 is 10.6 Å². The summed E-state index contributed by atoms with van der Waals surface area (Å²) in [4.78, 5) is 59.5. The molecule has 2 heterocycles. The molecular formula is C48H90N4O5. The zero-order valence-electron chi connectivity index (χ0n) is 40.5. The highest BCUT2D eigenvalue weighted by molar-refractivity contribution is 5.95. The molecule has 1 amide bonds. The molecule has 2 saturated heterocycles. The van der Waals surface area contributed by atoms with E-state index in [0.29, 0.717) is 31.9 Å². The van der Waals surface area contributed by atoms with Gasteiger partial charge in [-0.1, -0.05) is 101 Å².